The van der Waals surface area contributed by atoms with Gasteiger partial charge in [-0.2, -0.15) is 0 Å². The maximum Gasteiger partial charge on any atom is 0.251 e. The Morgan fingerprint density at radius 3 is 2.40 bits per heavy atom. The lowest BCUT2D eigenvalue weighted by atomic mass is 9.87. The number of ether oxygens (including phenoxy) is 1. The zero-order valence-electron chi connectivity index (χ0n) is 21.2. The first-order valence-corrected chi connectivity index (χ1v) is 12.3. The van der Waals surface area contributed by atoms with E-state index in [1.54, 1.807) is 0 Å². The largest absolute Gasteiger partial charge is 0.494 e. The first kappa shape index (κ1) is 24.5. The number of benzene rings is 3. The highest BCUT2D eigenvalue weighted by atomic mass is 16.5. The Morgan fingerprint density at radius 2 is 1.69 bits per heavy atom. The van der Waals surface area contributed by atoms with Crippen LogP contribution in [0.3, 0.4) is 0 Å². The molecule has 1 aromatic heterocycles. The van der Waals surface area contributed by atoms with Crippen LogP contribution in [0.15, 0.2) is 72.8 Å². The molecular weight excluding hydrogens is 434 g/mol. The molecule has 1 N–H and O–H groups in total. The third-order valence-electron chi connectivity index (χ3n) is 6.20. The molecule has 0 aliphatic heterocycles. The van der Waals surface area contributed by atoms with Crippen LogP contribution in [0.1, 0.15) is 54.5 Å². The van der Waals surface area contributed by atoms with E-state index >= 15 is 0 Å². The molecule has 5 heteroatoms. The van der Waals surface area contributed by atoms with E-state index in [9.17, 15) is 4.79 Å². The van der Waals surface area contributed by atoms with Crippen molar-refractivity contribution < 1.29 is 9.53 Å². The molecule has 0 saturated heterocycles. The van der Waals surface area contributed by atoms with Crippen molar-refractivity contribution in [3.8, 4) is 5.75 Å². The molecule has 3 aromatic carbocycles. The summed E-state index contributed by atoms with van der Waals surface area (Å²) in [5.41, 5.74) is 5.34. The van der Waals surface area contributed by atoms with E-state index in [1.165, 1.54) is 5.56 Å². The molecule has 0 fully saturated rings. The summed E-state index contributed by atoms with van der Waals surface area (Å²) in [5, 5.41) is 3.03. The number of amides is 1. The molecule has 4 rings (SSSR count). The third kappa shape index (κ3) is 6.30. The highest BCUT2D eigenvalue weighted by Gasteiger charge is 2.14. The van der Waals surface area contributed by atoms with Crippen molar-refractivity contribution in [2.75, 3.05) is 13.2 Å². The fourth-order valence-electron chi connectivity index (χ4n) is 4.12. The number of aryl methyl sites for hydroxylation is 2. The molecule has 1 heterocycles. The average Bonchev–Trinajstić information content (AvgIpc) is 3.19. The van der Waals surface area contributed by atoms with Crippen LogP contribution in [0.4, 0.5) is 0 Å². The molecule has 35 heavy (non-hydrogen) atoms. The lowest BCUT2D eigenvalue weighted by Crippen LogP contribution is -2.26. The summed E-state index contributed by atoms with van der Waals surface area (Å²) >= 11 is 0. The average molecular weight is 470 g/mol. The van der Waals surface area contributed by atoms with Crippen molar-refractivity contribution in [1.29, 1.82) is 0 Å². The van der Waals surface area contributed by atoms with E-state index in [4.69, 9.17) is 9.72 Å². The Kier molecular flexibility index (Phi) is 7.54. The van der Waals surface area contributed by atoms with Gasteiger partial charge < -0.3 is 14.6 Å². The first-order chi connectivity index (χ1) is 16.8. The Bertz CT molecular complexity index is 1270. The molecule has 0 bridgehead atoms. The van der Waals surface area contributed by atoms with Crippen LogP contribution >= 0.6 is 0 Å². The molecule has 0 saturated carbocycles. The molecule has 0 radical (unpaired) electrons. The number of hydrogen-bond acceptors (Lipinski definition) is 3. The van der Waals surface area contributed by atoms with Gasteiger partial charge in [0.2, 0.25) is 0 Å². The Hall–Kier alpha value is -3.60. The molecule has 0 aliphatic carbocycles. The number of nitrogens with zero attached hydrogens (tertiary/aromatic N) is 2. The quantitative estimate of drug-likeness (QED) is 0.302. The summed E-state index contributed by atoms with van der Waals surface area (Å²) < 4.78 is 8.25. The third-order valence-corrected chi connectivity index (χ3v) is 6.20. The number of rotatable bonds is 9. The summed E-state index contributed by atoms with van der Waals surface area (Å²) in [7, 11) is 0. The van der Waals surface area contributed by atoms with Gasteiger partial charge in [0.1, 0.15) is 11.6 Å². The molecule has 0 spiro atoms. The highest BCUT2D eigenvalue weighted by molar-refractivity contribution is 5.94. The van der Waals surface area contributed by atoms with Gasteiger partial charge in [-0.05, 0) is 60.7 Å². The fourth-order valence-corrected chi connectivity index (χ4v) is 4.12. The summed E-state index contributed by atoms with van der Waals surface area (Å²) in [6, 6.07) is 24.2. The molecule has 0 atom stereocenters. The van der Waals surface area contributed by atoms with Crippen molar-refractivity contribution >= 4 is 16.9 Å². The minimum atomic E-state index is -0.0569. The maximum absolute atomic E-state index is 12.5. The van der Waals surface area contributed by atoms with Crippen molar-refractivity contribution in [2.24, 2.45) is 0 Å². The Morgan fingerprint density at radius 1 is 0.971 bits per heavy atom. The first-order valence-electron chi connectivity index (χ1n) is 12.3. The SMILES string of the molecule is Cc1ccc(C(=O)NCCc2nc3ccccc3n2CCCOc2ccc(C(C)(C)C)cc2)cc1. The second kappa shape index (κ2) is 10.8. The van der Waals surface area contributed by atoms with Crippen LogP contribution in [0.25, 0.3) is 11.0 Å². The molecule has 0 aliphatic rings. The molecule has 5 nitrogen and oxygen atoms in total. The predicted octanol–water partition coefficient (Wildman–Crippen LogP) is 6.08. The normalized spacial score (nSPS) is 11.5. The van der Waals surface area contributed by atoms with Gasteiger partial charge in [0.05, 0.1) is 17.6 Å². The number of fused-ring (bicyclic) bond motifs is 1. The Labute approximate surface area is 208 Å². The van der Waals surface area contributed by atoms with E-state index in [0.29, 0.717) is 25.1 Å². The lowest BCUT2D eigenvalue weighted by molar-refractivity contribution is 0.0954. The highest BCUT2D eigenvalue weighted by Crippen LogP contribution is 2.24. The minimum absolute atomic E-state index is 0.0569. The van der Waals surface area contributed by atoms with Crippen LogP contribution in [-0.2, 0) is 18.4 Å². The van der Waals surface area contributed by atoms with E-state index in [2.05, 4.69) is 61.0 Å². The van der Waals surface area contributed by atoms with E-state index in [1.807, 2.05) is 49.4 Å². The molecule has 1 amide bonds. The van der Waals surface area contributed by atoms with Gasteiger partial charge in [0.15, 0.2) is 0 Å². The monoisotopic (exact) mass is 469 g/mol. The second-order valence-corrected chi connectivity index (χ2v) is 10.0. The summed E-state index contributed by atoms with van der Waals surface area (Å²) in [5.74, 6) is 1.82. The van der Waals surface area contributed by atoms with Gasteiger partial charge in [-0.1, -0.05) is 62.7 Å². The number of carbonyl (C=O) groups excluding carboxylic acids is 1. The van der Waals surface area contributed by atoms with Gasteiger partial charge in [-0.25, -0.2) is 4.98 Å². The molecule has 0 unspecified atom stereocenters. The van der Waals surface area contributed by atoms with E-state index in [-0.39, 0.29) is 11.3 Å². The minimum Gasteiger partial charge on any atom is -0.494 e. The van der Waals surface area contributed by atoms with Crippen molar-refractivity contribution in [1.82, 2.24) is 14.9 Å². The number of para-hydroxylation sites is 2. The summed E-state index contributed by atoms with van der Waals surface area (Å²) in [6.45, 7) is 10.6. The van der Waals surface area contributed by atoms with Crippen LogP contribution in [0.2, 0.25) is 0 Å². The van der Waals surface area contributed by atoms with Crippen LogP contribution < -0.4 is 10.1 Å². The smallest absolute Gasteiger partial charge is 0.251 e. The zero-order valence-corrected chi connectivity index (χ0v) is 21.2. The molecule has 4 aromatic rings. The predicted molar refractivity (Wildman–Crippen MR) is 142 cm³/mol. The van der Waals surface area contributed by atoms with Crippen molar-refractivity contribution in [3.05, 3.63) is 95.3 Å². The topological polar surface area (TPSA) is 56.2 Å². The van der Waals surface area contributed by atoms with Crippen LogP contribution in [0, 0.1) is 6.92 Å². The van der Waals surface area contributed by atoms with Gasteiger partial charge in [-0.3, -0.25) is 4.79 Å². The zero-order chi connectivity index (χ0) is 24.8. The lowest BCUT2D eigenvalue weighted by Gasteiger charge is -2.19. The number of hydrogen-bond donors (Lipinski definition) is 1. The van der Waals surface area contributed by atoms with E-state index in [0.717, 1.165) is 41.1 Å². The van der Waals surface area contributed by atoms with Crippen LogP contribution in [-0.4, -0.2) is 28.6 Å². The number of nitrogens with one attached hydrogen (secondary N) is 1. The standard InChI is InChI=1S/C30H35N3O2/c1-22-10-12-23(13-11-22)29(34)31-19-18-28-32-26-8-5-6-9-27(26)33(28)20-7-21-35-25-16-14-24(15-17-25)30(2,3)4/h5-6,8-17H,7,18-21H2,1-4H3,(H,31,34). The van der Waals surface area contributed by atoms with E-state index < -0.39 is 0 Å². The van der Waals surface area contributed by atoms with Crippen molar-refractivity contribution in [2.45, 2.75) is 52.5 Å². The fraction of sp³-hybridized carbons (Fsp3) is 0.333. The van der Waals surface area contributed by atoms with Gasteiger partial charge >= 0.3 is 0 Å². The summed E-state index contributed by atoms with van der Waals surface area (Å²) in [4.78, 5) is 17.3. The van der Waals surface area contributed by atoms with Gasteiger partial charge in [0, 0.05) is 25.1 Å². The number of aromatic nitrogens is 2. The van der Waals surface area contributed by atoms with Crippen molar-refractivity contribution in [3.63, 3.8) is 0 Å². The number of imidazole rings is 1. The molecular formula is C30H35N3O2. The number of carbonyl (C=O) groups is 1. The van der Waals surface area contributed by atoms with Gasteiger partial charge in [0.25, 0.3) is 5.91 Å². The van der Waals surface area contributed by atoms with Gasteiger partial charge in [-0.15, -0.1) is 0 Å². The Balaban J connectivity index is 1.35. The maximum atomic E-state index is 12.5. The molecule has 182 valence electrons. The van der Waals surface area contributed by atoms with Crippen LogP contribution in [0.5, 0.6) is 5.75 Å². The summed E-state index contributed by atoms with van der Waals surface area (Å²) in [6.07, 6.45) is 1.53. The second-order valence-electron chi connectivity index (χ2n) is 10.0.